The van der Waals surface area contributed by atoms with E-state index in [0.29, 0.717) is 6.10 Å². The van der Waals surface area contributed by atoms with Crippen molar-refractivity contribution in [1.82, 2.24) is 0 Å². The fourth-order valence-electron chi connectivity index (χ4n) is 0.364. The average Bonchev–Trinajstić information content (AvgIpc) is 2.66. The fraction of sp³-hybridized carbons (Fsp3) is 0. The molecule has 0 aromatic rings. The first-order chi connectivity index (χ1) is 5.89. The van der Waals surface area contributed by atoms with Crippen LogP contribution in [0.1, 0.15) is 0 Å². The Morgan fingerprint density at radius 3 is 1.15 bits per heavy atom. The van der Waals surface area contributed by atoms with Gasteiger partial charge in [-0.1, -0.05) is 0 Å². The van der Waals surface area contributed by atoms with Crippen LogP contribution < -0.4 is 0 Å². The molecular weight excluding hydrogens is 346 g/mol. The van der Waals surface area contributed by atoms with E-state index in [1.165, 1.54) is 0 Å². The number of aliphatic hydroxyl groups excluding tert-OH is 1. The van der Waals surface area contributed by atoms with Crippen LogP contribution in [0.25, 0.3) is 0 Å². The summed E-state index contributed by atoms with van der Waals surface area (Å²) in [6.45, 7) is 13.5. The molecule has 4 nitrogen and oxygen atoms in total. The molecule has 1 fully saturated rings. The molecule has 0 spiro atoms. The third-order valence-electron chi connectivity index (χ3n) is 0.645. The van der Waals surface area contributed by atoms with Crippen LogP contribution in [0.5, 0.6) is 0 Å². The molecular formula is C8H5O4Re. The van der Waals surface area contributed by atoms with Gasteiger partial charge < -0.3 is 5.11 Å². The molecule has 5 heteroatoms. The number of hydrogen-bond acceptors (Lipinski definition) is 1. The van der Waals surface area contributed by atoms with Crippen molar-refractivity contribution < 1.29 is 39.5 Å². The molecule has 13 heavy (non-hydrogen) atoms. The van der Waals surface area contributed by atoms with Crippen LogP contribution in [-0.2, 0) is 34.4 Å². The topological polar surface area (TPSA) is 79.9 Å². The van der Waals surface area contributed by atoms with Gasteiger partial charge in [0.1, 0.15) is 6.10 Å². The van der Waals surface area contributed by atoms with E-state index >= 15 is 0 Å². The second-order valence-electron chi connectivity index (χ2n) is 1.14. The van der Waals surface area contributed by atoms with Crippen molar-refractivity contribution in [3.8, 4) is 0 Å². The molecule has 0 saturated heterocycles. The monoisotopic (exact) mass is 352 g/mol. The summed E-state index contributed by atoms with van der Waals surface area (Å²) in [5.41, 5.74) is 0. The van der Waals surface area contributed by atoms with E-state index in [1.54, 1.807) is 25.7 Å². The molecule has 0 aliphatic heterocycles. The third-order valence-corrected chi connectivity index (χ3v) is 0.645. The molecule has 1 saturated carbocycles. The molecule has 6 radical (unpaired) electrons. The molecule has 0 atom stereocenters. The first kappa shape index (κ1) is 23.0. The summed E-state index contributed by atoms with van der Waals surface area (Å²) in [6, 6.07) is 0. The zero-order valence-electron chi connectivity index (χ0n) is 6.36. The molecule has 0 aromatic carbocycles. The summed E-state index contributed by atoms with van der Waals surface area (Å²) in [5, 5.41) is 8.47. The first-order valence-corrected chi connectivity index (χ1v) is 2.41. The van der Waals surface area contributed by atoms with E-state index in [-0.39, 0.29) is 20.4 Å². The number of aliphatic hydroxyl groups is 1. The number of rotatable bonds is 0. The quantitative estimate of drug-likeness (QED) is 0.504. The Balaban J connectivity index is -0.0000000508. The predicted molar refractivity (Wildman–Crippen MR) is 34.2 cm³/mol. The Hall–Kier alpha value is -0.158. The minimum atomic E-state index is 0. The molecule has 1 N–H and O–H groups in total. The Labute approximate surface area is 91.5 Å². The molecule has 1 rings (SSSR count). The van der Waals surface area contributed by atoms with Crippen LogP contribution in [0.4, 0.5) is 0 Å². The van der Waals surface area contributed by atoms with Gasteiger partial charge >= 0.3 is 33.9 Å². The zero-order valence-corrected chi connectivity index (χ0v) is 9.08. The molecule has 0 amide bonds. The minimum Gasteiger partial charge on any atom is 0 e. The smallest absolute Gasteiger partial charge is 0 e. The first-order valence-electron chi connectivity index (χ1n) is 2.41. The molecule has 68 valence electrons. The van der Waals surface area contributed by atoms with Gasteiger partial charge in [-0.05, 0) is 12.8 Å². The van der Waals surface area contributed by atoms with Gasteiger partial charge in [0.25, 0.3) is 0 Å². The molecule has 1 aliphatic rings. The van der Waals surface area contributed by atoms with Crippen LogP contribution in [0.15, 0.2) is 0 Å². The third kappa shape index (κ3) is 24.5. The van der Waals surface area contributed by atoms with Gasteiger partial charge in [0, 0.05) is 33.3 Å². The van der Waals surface area contributed by atoms with Crippen LogP contribution in [-0.4, -0.2) is 5.11 Å². The normalized spacial score (nSPS) is 12.2. The summed E-state index contributed by atoms with van der Waals surface area (Å²) < 4.78 is 22.5. The molecule has 0 unspecified atom stereocenters. The van der Waals surface area contributed by atoms with Crippen molar-refractivity contribution in [2.24, 2.45) is 0 Å². The van der Waals surface area contributed by atoms with Crippen molar-refractivity contribution in [1.29, 1.82) is 0 Å². The van der Waals surface area contributed by atoms with Gasteiger partial charge in [-0.2, -0.15) is 0 Å². The maximum absolute atomic E-state index is 8.47. The van der Waals surface area contributed by atoms with E-state index < -0.39 is 0 Å². The van der Waals surface area contributed by atoms with Gasteiger partial charge in [-0.3, -0.25) is 0 Å². The average molecular weight is 351 g/mol. The molecule has 1 aliphatic carbocycles. The van der Waals surface area contributed by atoms with Gasteiger partial charge in [-0.15, -0.1) is 0 Å². The van der Waals surface area contributed by atoms with Crippen LogP contribution in [0.2, 0.25) is 0 Å². The van der Waals surface area contributed by atoms with Crippen LogP contribution >= 0.6 is 0 Å². The van der Waals surface area contributed by atoms with Crippen molar-refractivity contribution in [2.45, 2.75) is 0 Å². The second kappa shape index (κ2) is 29.7. The number of hydrogen-bond donors (Lipinski definition) is 1. The Morgan fingerprint density at radius 1 is 0.846 bits per heavy atom. The summed E-state index contributed by atoms with van der Waals surface area (Å²) in [5.74, 6) is 0. The van der Waals surface area contributed by atoms with E-state index in [0.717, 1.165) is 0 Å². The minimum absolute atomic E-state index is 0. The van der Waals surface area contributed by atoms with Gasteiger partial charge in [0.2, 0.25) is 0 Å². The summed E-state index contributed by atoms with van der Waals surface area (Å²) in [7, 11) is 0. The van der Waals surface area contributed by atoms with E-state index in [1.807, 2.05) is 0 Å². The van der Waals surface area contributed by atoms with Gasteiger partial charge in [0.05, 0.1) is 0 Å². The maximum atomic E-state index is 8.47. The summed E-state index contributed by atoms with van der Waals surface area (Å²) in [6.07, 6.45) is 7.19. The van der Waals surface area contributed by atoms with E-state index in [9.17, 15) is 0 Å². The predicted octanol–water partition coefficient (Wildman–Crippen LogP) is 0.607. The zero-order chi connectivity index (χ0) is 10.4. The Bertz CT molecular complexity index is 110. The van der Waals surface area contributed by atoms with E-state index in [4.69, 9.17) is 19.1 Å². The van der Waals surface area contributed by atoms with E-state index in [2.05, 4.69) is 20.0 Å². The second-order valence-corrected chi connectivity index (χ2v) is 1.14. The molecule has 0 heterocycles. The summed E-state index contributed by atoms with van der Waals surface area (Å²) in [4.78, 5) is 0. The van der Waals surface area contributed by atoms with Crippen LogP contribution in [0, 0.1) is 51.7 Å². The molecule has 0 aromatic heterocycles. The van der Waals surface area contributed by atoms with Gasteiger partial charge in [0.15, 0.2) is 0 Å². The summed E-state index contributed by atoms with van der Waals surface area (Å²) >= 11 is 0. The van der Waals surface area contributed by atoms with Crippen molar-refractivity contribution in [2.75, 3.05) is 0 Å². The van der Waals surface area contributed by atoms with Crippen molar-refractivity contribution in [3.63, 3.8) is 0 Å². The maximum Gasteiger partial charge on any atom is 0 e. The van der Waals surface area contributed by atoms with Gasteiger partial charge in [-0.25, -0.2) is 0 Å². The Morgan fingerprint density at radius 2 is 1.08 bits per heavy atom. The van der Waals surface area contributed by atoms with Crippen LogP contribution in [0.3, 0.4) is 0 Å². The molecule has 0 bridgehead atoms. The fourth-order valence-corrected chi connectivity index (χ4v) is 0.364. The SMILES string of the molecule is O[C]1[CH][CH][CH][CH]1.[C-]#[O+].[C-]#[O+].[C-]#[O+].[Re]. The van der Waals surface area contributed by atoms with Crippen molar-refractivity contribution >= 4 is 0 Å². The van der Waals surface area contributed by atoms with Crippen molar-refractivity contribution in [3.05, 3.63) is 51.7 Å². The standard InChI is InChI=1S/C5H5O.3CO.Re/c6-5-3-1-2-4-5;3*1-2;/h1-4,6H;;;;. The largest absolute Gasteiger partial charge is 0 e. The Kier molecular flexibility index (Phi) is 52.7.